The maximum atomic E-state index is 14.1. The van der Waals surface area contributed by atoms with Gasteiger partial charge in [0.1, 0.15) is 11.9 Å². The zero-order valence-electron chi connectivity index (χ0n) is 12.6. The first-order valence-electron chi connectivity index (χ1n) is 7.23. The van der Waals surface area contributed by atoms with Crippen molar-refractivity contribution >= 4 is 10.9 Å². The highest BCUT2D eigenvalue weighted by Gasteiger charge is 2.10. The van der Waals surface area contributed by atoms with E-state index in [0.29, 0.717) is 23.3 Å². The van der Waals surface area contributed by atoms with Crippen molar-refractivity contribution in [2.45, 2.75) is 19.4 Å². The van der Waals surface area contributed by atoms with Crippen molar-refractivity contribution in [3.63, 3.8) is 0 Å². The Hall–Kier alpha value is -2.77. The molecule has 0 radical (unpaired) electrons. The van der Waals surface area contributed by atoms with Crippen molar-refractivity contribution in [1.82, 2.24) is 9.97 Å². The Morgan fingerprint density at radius 3 is 2.83 bits per heavy atom. The van der Waals surface area contributed by atoms with Gasteiger partial charge in [-0.3, -0.25) is 0 Å². The summed E-state index contributed by atoms with van der Waals surface area (Å²) >= 11 is 0. The van der Waals surface area contributed by atoms with E-state index in [1.165, 1.54) is 6.07 Å². The van der Waals surface area contributed by atoms with E-state index in [1.807, 2.05) is 31.2 Å². The van der Waals surface area contributed by atoms with Crippen LogP contribution in [0.25, 0.3) is 22.3 Å². The van der Waals surface area contributed by atoms with Crippen LogP contribution in [-0.4, -0.2) is 21.2 Å². The average Bonchev–Trinajstić information content (AvgIpc) is 2.54. The molecule has 1 N–H and O–H groups in total. The van der Waals surface area contributed by atoms with Crippen molar-refractivity contribution in [1.29, 1.82) is 0 Å². The largest absolute Gasteiger partial charge is 0.380 e. The minimum Gasteiger partial charge on any atom is -0.380 e. The molecule has 1 heterocycles. The summed E-state index contributed by atoms with van der Waals surface area (Å²) in [6, 6.07) is 10.5. The van der Waals surface area contributed by atoms with Crippen LogP contribution in [-0.2, 0) is 6.42 Å². The number of rotatable bonds is 3. The molecule has 23 heavy (non-hydrogen) atoms. The number of halogens is 1. The van der Waals surface area contributed by atoms with Crippen LogP contribution in [0.2, 0.25) is 0 Å². The van der Waals surface area contributed by atoms with E-state index in [9.17, 15) is 9.50 Å². The second-order valence-corrected chi connectivity index (χ2v) is 5.46. The Morgan fingerprint density at radius 2 is 2.09 bits per heavy atom. The lowest BCUT2D eigenvalue weighted by Gasteiger charge is -2.07. The Kier molecular flexibility index (Phi) is 4.05. The van der Waals surface area contributed by atoms with Gasteiger partial charge in [-0.25, -0.2) is 14.4 Å². The molecule has 3 nitrogen and oxygen atoms in total. The van der Waals surface area contributed by atoms with Crippen molar-refractivity contribution in [3.05, 3.63) is 59.5 Å². The van der Waals surface area contributed by atoms with E-state index in [2.05, 4.69) is 15.9 Å². The maximum absolute atomic E-state index is 14.1. The zero-order valence-corrected chi connectivity index (χ0v) is 12.6. The van der Waals surface area contributed by atoms with Gasteiger partial charge in [-0.2, -0.15) is 0 Å². The predicted molar refractivity (Wildman–Crippen MR) is 88.2 cm³/mol. The van der Waals surface area contributed by atoms with Gasteiger partial charge in [0.25, 0.3) is 0 Å². The summed E-state index contributed by atoms with van der Waals surface area (Å²) in [5, 5.41) is 10.3. The number of hydrogen-bond acceptors (Lipinski definition) is 3. The number of benzene rings is 2. The number of aromatic nitrogens is 2. The molecule has 0 aliphatic rings. The predicted octanol–water partition coefficient (Wildman–Crippen LogP) is 3.28. The standard InChI is InChI=1S/C19H15FN2O/c1-3-15(23)10-13-5-7-18-14(9-13)11-21-19(22-18)16-6-4-12(2)8-17(16)20/h1,4-9,11,15,23H,10H2,2H3. The number of aryl methyl sites for hydroxylation is 1. The molecule has 1 aromatic heterocycles. The molecule has 3 rings (SSSR count). The molecule has 1 atom stereocenters. The van der Waals surface area contributed by atoms with Gasteiger partial charge < -0.3 is 5.11 Å². The lowest BCUT2D eigenvalue weighted by atomic mass is 10.1. The monoisotopic (exact) mass is 306 g/mol. The van der Waals surface area contributed by atoms with Crippen LogP contribution in [0.4, 0.5) is 4.39 Å². The third kappa shape index (κ3) is 3.20. The van der Waals surface area contributed by atoms with Gasteiger partial charge >= 0.3 is 0 Å². The van der Waals surface area contributed by atoms with Crippen LogP contribution >= 0.6 is 0 Å². The molecule has 1 unspecified atom stereocenters. The fourth-order valence-corrected chi connectivity index (χ4v) is 2.42. The van der Waals surface area contributed by atoms with Gasteiger partial charge in [-0.05, 0) is 42.3 Å². The van der Waals surface area contributed by atoms with Crippen LogP contribution in [0.15, 0.2) is 42.6 Å². The van der Waals surface area contributed by atoms with Crippen molar-refractivity contribution in [2.24, 2.45) is 0 Å². The molecule has 0 amide bonds. The molecule has 4 heteroatoms. The van der Waals surface area contributed by atoms with Gasteiger partial charge in [0.15, 0.2) is 5.82 Å². The van der Waals surface area contributed by atoms with E-state index in [1.54, 1.807) is 12.3 Å². The number of hydrogen-bond donors (Lipinski definition) is 1. The van der Waals surface area contributed by atoms with Gasteiger partial charge in [0.05, 0.1) is 11.1 Å². The lowest BCUT2D eigenvalue weighted by Crippen LogP contribution is -2.06. The van der Waals surface area contributed by atoms with E-state index in [0.717, 1.165) is 16.5 Å². The number of aliphatic hydroxyl groups is 1. The van der Waals surface area contributed by atoms with E-state index in [-0.39, 0.29) is 5.82 Å². The van der Waals surface area contributed by atoms with Crippen LogP contribution in [0.1, 0.15) is 11.1 Å². The lowest BCUT2D eigenvalue weighted by molar-refractivity contribution is 0.233. The number of terminal acetylenes is 1. The summed E-state index contributed by atoms with van der Waals surface area (Å²) in [6.45, 7) is 1.83. The van der Waals surface area contributed by atoms with Gasteiger partial charge in [0.2, 0.25) is 0 Å². The summed E-state index contributed by atoms with van der Waals surface area (Å²) in [6.07, 6.45) is 6.40. The Balaban J connectivity index is 2.00. The van der Waals surface area contributed by atoms with E-state index >= 15 is 0 Å². The minimum absolute atomic E-state index is 0.335. The van der Waals surface area contributed by atoms with Crippen molar-refractivity contribution < 1.29 is 9.50 Å². The highest BCUT2D eigenvalue weighted by Crippen LogP contribution is 2.23. The normalized spacial score (nSPS) is 12.1. The molecular weight excluding hydrogens is 291 g/mol. The molecule has 0 aliphatic carbocycles. The molecular formula is C19H15FN2O. The minimum atomic E-state index is -0.811. The second kappa shape index (κ2) is 6.15. The molecule has 0 saturated carbocycles. The molecule has 0 bridgehead atoms. The van der Waals surface area contributed by atoms with Crippen LogP contribution in [0.3, 0.4) is 0 Å². The molecule has 114 valence electrons. The van der Waals surface area contributed by atoms with Crippen LogP contribution < -0.4 is 0 Å². The quantitative estimate of drug-likeness (QED) is 0.755. The summed E-state index contributed by atoms with van der Waals surface area (Å²) in [7, 11) is 0. The number of aliphatic hydroxyl groups excluding tert-OH is 1. The third-order valence-electron chi connectivity index (χ3n) is 3.63. The fraction of sp³-hybridized carbons (Fsp3) is 0.158. The maximum Gasteiger partial charge on any atom is 0.162 e. The Morgan fingerprint density at radius 1 is 1.26 bits per heavy atom. The van der Waals surface area contributed by atoms with E-state index < -0.39 is 6.10 Å². The summed E-state index contributed by atoms with van der Waals surface area (Å²) in [5.74, 6) is 2.30. The molecule has 0 aliphatic heterocycles. The van der Waals surface area contributed by atoms with Gasteiger partial charge in [-0.15, -0.1) is 6.42 Å². The highest BCUT2D eigenvalue weighted by atomic mass is 19.1. The van der Waals surface area contributed by atoms with Crippen molar-refractivity contribution in [3.8, 4) is 23.7 Å². The average molecular weight is 306 g/mol. The molecule has 0 spiro atoms. The fourth-order valence-electron chi connectivity index (χ4n) is 2.42. The first-order valence-corrected chi connectivity index (χ1v) is 7.23. The van der Waals surface area contributed by atoms with Gasteiger partial charge in [-0.1, -0.05) is 18.1 Å². The summed E-state index contributed by atoms with van der Waals surface area (Å²) < 4.78 is 14.1. The first kappa shape index (κ1) is 15.1. The van der Waals surface area contributed by atoms with Crippen molar-refractivity contribution in [2.75, 3.05) is 0 Å². The number of nitrogens with zero attached hydrogens (tertiary/aromatic N) is 2. The molecule has 0 fully saturated rings. The molecule has 0 saturated heterocycles. The smallest absolute Gasteiger partial charge is 0.162 e. The third-order valence-corrected chi connectivity index (χ3v) is 3.63. The van der Waals surface area contributed by atoms with Gasteiger partial charge in [0, 0.05) is 18.0 Å². The zero-order chi connectivity index (χ0) is 16.4. The van der Waals surface area contributed by atoms with E-state index in [4.69, 9.17) is 6.42 Å². The summed E-state index contributed by atoms with van der Waals surface area (Å²) in [5.41, 5.74) is 2.85. The summed E-state index contributed by atoms with van der Waals surface area (Å²) in [4.78, 5) is 8.68. The van der Waals surface area contributed by atoms with Crippen LogP contribution in [0.5, 0.6) is 0 Å². The molecule has 2 aromatic carbocycles. The first-order chi connectivity index (χ1) is 11.1. The Bertz CT molecular complexity index is 915. The molecule has 3 aromatic rings. The topological polar surface area (TPSA) is 46.0 Å². The second-order valence-electron chi connectivity index (χ2n) is 5.46. The van der Waals surface area contributed by atoms with Crippen LogP contribution in [0, 0.1) is 25.1 Å². The SMILES string of the molecule is C#CC(O)Cc1ccc2nc(-c3ccc(C)cc3F)ncc2c1. The number of fused-ring (bicyclic) bond motifs is 1. The Labute approximate surface area is 133 Å². The highest BCUT2D eigenvalue weighted by molar-refractivity contribution is 5.80.